The fraction of sp³-hybridized carbons (Fsp3) is 0.471. The molecule has 1 saturated carbocycles. The van der Waals surface area contributed by atoms with Crippen molar-refractivity contribution >= 4 is 11.6 Å². The average Bonchev–Trinajstić information content (AvgIpc) is 3.06. The third-order valence-electron chi connectivity index (χ3n) is 3.89. The molecule has 20 heavy (non-hydrogen) atoms. The highest BCUT2D eigenvalue weighted by Crippen LogP contribution is 2.52. The minimum atomic E-state index is -0.142. The largest absolute Gasteiger partial charge is 0.384 e. The first kappa shape index (κ1) is 14.6. The Kier molecular flexibility index (Phi) is 4.15. The minimum absolute atomic E-state index is 0.110. The van der Waals surface area contributed by atoms with Crippen molar-refractivity contribution in [1.82, 2.24) is 0 Å². The molecule has 0 aliphatic heterocycles. The molecule has 0 spiro atoms. The Morgan fingerprint density at radius 2 is 2.20 bits per heavy atom. The summed E-state index contributed by atoms with van der Waals surface area (Å²) in [4.78, 5) is 12.1. The van der Waals surface area contributed by atoms with E-state index in [-0.39, 0.29) is 23.8 Å². The topological polar surface area (TPSA) is 49.3 Å². The lowest BCUT2D eigenvalue weighted by atomic mass is 10.1. The number of aryl methyl sites for hydroxylation is 1. The Morgan fingerprint density at radius 1 is 1.50 bits per heavy atom. The third kappa shape index (κ3) is 3.20. The predicted molar refractivity (Wildman–Crippen MR) is 80.3 cm³/mol. The number of nitrogens with one attached hydrogen (secondary N) is 1. The summed E-state index contributed by atoms with van der Waals surface area (Å²) in [7, 11) is 0. The van der Waals surface area contributed by atoms with Gasteiger partial charge in [0, 0.05) is 17.2 Å². The second kappa shape index (κ2) is 5.68. The van der Waals surface area contributed by atoms with Gasteiger partial charge in [-0.05, 0) is 42.0 Å². The van der Waals surface area contributed by atoms with Gasteiger partial charge in [0.05, 0.1) is 0 Å². The lowest BCUT2D eigenvalue weighted by molar-refractivity contribution is -0.118. The SMILES string of the molecule is CCc1cc(C#CCO)ccc1NC(=O)C1CC1(C)C. The van der Waals surface area contributed by atoms with Crippen LogP contribution >= 0.6 is 0 Å². The van der Waals surface area contributed by atoms with Gasteiger partial charge in [-0.2, -0.15) is 0 Å². The number of carbonyl (C=O) groups excluding carboxylic acids is 1. The number of hydrogen-bond acceptors (Lipinski definition) is 2. The highest BCUT2D eigenvalue weighted by atomic mass is 16.2. The third-order valence-corrected chi connectivity index (χ3v) is 3.89. The lowest BCUT2D eigenvalue weighted by Crippen LogP contribution is -2.17. The summed E-state index contributed by atoms with van der Waals surface area (Å²) in [6.45, 7) is 6.14. The molecule has 1 unspecified atom stereocenters. The molecule has 1 aliphatic rings. The molecule has 0 heterocycles. The van der Waals surface area contributed by atoms with Crippen LogP contribution in [0.4, 0.5) is 5.69 Å². The summed E-state index contributed by atoms with van der Waals surface area (Å²) in [6.07, 6.45) is 1.79. The molecule has 1 amide bonds. The van der Waals surface area contributed by atoms with E-state index in [2.05, 4.69) is 37.9 Å². The van der Waals surface area contributed by atoms with E-state index in [0.29, 0.717) is 0 Å². The first-order chi connectivity index (χ1) is 9.47. The Labute approximate surface area is 120 Å². The van der Waals surface area contributed by atoms with Gasteiger partial charge in [0.2, 0.25) is 5.91 Å². The fourth-order valence-electron chi connectivity index (χ4n) is 2.36. The second-order valence-corrected chi connectivity index (χ2v) is 5.92. The molecule has 2 rings (SSSR count). The van der Waals surface area contributed by atoms with Crippen molar-refractivity contribution in [3.8, 4) is 11.8 Å². The number of anilines is 1. The van der Waals surface area contributed by atoms with E-state index in [1.807, 2.05) is 18.2 Å². The van der Waals surface area contributed by atoms with Gasteiger partial charge in [0.1, 0.15) is 6.61 Å². The Morgan fingerprint density at radius 3 is 2.75 bits per heavy atom. The first-order valence-corrected chi connectivity index (χ1v) is 7.01. The molecule has 1 fully saturated rings. The first-order valence-electron chi connectivity index (χ1n) is 7.01. The molecule has 2 N–H and O–H groups in total. The van der Waals surface area contributed by atoms with E-state index >= 15 is 0 Å². The van der Waals surface area contributed by atoms with Gasteiger partial charge in [-0.25, -0.2) is 0 Å². The van der Waals surface area contributed by atoms with E-state index in [1.165, 1.54) is 0 Å². The van der Waals surface area contributed by atoms with Crippen LogP contribution in [-0.2, 0) is 11.2 Å². The molecule has 0 bridgehead atoms. The molecule has 1 aromatic rings. The van der Waals surface area contributed by atoms with E-state index < -0.39 is 0 Å². The van der Waals surface area contributed by atoms with Crippen molar-refractivity contribution in [3.63, 3.8) is 0 Å². The van der Waals surface area contributed by atoms with Gasteiger partial charge in [0.25, 0.3) is 0 Å². The molecule has 1 aromatic carbocycles. The molecule has 3 heteroatoms. The number of aliphatic hydroxyl groups excluding tert-OH is 1. The van der Waals surface area contributed by atoms with Gasteiger partial charge < -0.3 is 10.4 Å². The number of carbonyl (C=O) groups is 1. The Hall–Kier alpha value is -1.79. The predicted octanol–water partition coefficient (Wildman–Crippen LogP) is 2.58. The second-order valence-electron chi connectivity index (χ2n) is 5.92. The van der Waals surface area contributed by atoms with Crippen LogP contribution in [0.5, 0.6) is 0 Å². The molecule has 1 atom stereocenters. The van der Waals surface area contributed by atoms with Crippen molar-refractivity contribution in [1.29, 1.82) is 0 Å². The molecule has 3 nitrogen and oxygen atoms in total. The highest BCUT2D eigenvalue weighted by Gasteiger charge is 2.50. The van der Waals surface area contributed by atoms with Crippen LogP contribution in [0.25, 0.3) is 0 Å². The van der Waals surface area contributed by atoms with Crippen LogP contribution < -0.4 is 5.32 Å². The molecular formula is C17H21NO2. The number of amides is 1. The standard InChI is InChI=1S/C17H21NO2/c1-4-13-10-12(6-5-9-19)7-8-15(13)18-16(20)14-11-17(14,2)3/h7-8,10,14,19H,4,9,11H2,1-3H3,(H,18,20). The summed E-state index contributed by atoms with van der Waals surface area (Å²) in [5.74, 6) is 5.75. The quantitative estimate of drug-likeness (QED) is 0.830. The average molecular weight is 271 g/mol. The van der Waals surface area contributed by atoms with E-state index in [4.69, 9.17) is 5.11 Å². The zero-order valence-electron chi connectivity index (χ0n) is 12.3. The van der Waals surface area contributed by atoms with Crippen molar-refractivity contribution in [2.45, 2.75) is 33.6 Å². The normalized spacial score (nSPS) is 18.9. The summed E-state index contributed by atoms with van der Waals surface area (Å²) in [6, 6.07) is 5.74. The number of rotatable bonds is 3. The molecule has 106 valence electrons. The van der Waals surface area contributed by atoms with Crippen molar-refractivity contribution in [3.05, 3.63) is 29.3 Å². The van der Waals surface area contributed by atoms with Crippen LogP contribution in [0.1, 0.15) is 38.3 Å². The zero-order chi connectivity index (χ0) is 14.8. The molecular weight excluding hydrogens is 250 g/mol. The van der Waals surface area contributed by atoms with Crippen molar-refractivity contribution in [2.24, 2.45) is 11.3 Å². The van der Waals surface area contributed by atoms with Crippen LogP contribution in [0.15, 0.2) is 18.2 Å². The minimum Gasteiger partial charge on any atom is -0.384 e. The van der Waals surface area contributed by atoms with Crippen LogP contribution in [-0.4, -0.2) is 17.6 Å². The molecule has 0 aromatic heterocycles. The van der Waals surface area contributed by atoms with E-state index in [1.54, 1.807) is 0 Å². The smallest absolute Gasteiger partial charge is 0.228 e. The number of hydrogen-bond donors (Lipinski definition) is 2. The Bertz CT molecular complexity index is 578. The van der Waals surface area contributed by atoms with Gasteiger partial charge >= 0.3 is 0 Å². The maximum atomic E-state index is 12.1. The zero-order valence-corrected chi connectivity index (χ0v) is 12.3. The molecule has 0 radical (unpaired) electrons. The maximum absolute atomic E-state index is 12.1. The summed E-state index contributed by atoms with van der Waals surface area (Å²) >= 11 is 0. The van der Waals surface area contributed by atoms with Gasteiger partial charge in [-0.15, -0.1) is 0 Å². The molecule has 0 saturated heterocycles. The van der Waals surface area contributed by atoms with Gasteiger partial charge in [0.15, 0.2) is 0 Å². The van der Waals surface area contributed by atoms with E-state index in [0.717, 1.165) is 29.7 Å². The van der Waals surface area contributed by atoms with Crippen LogP contribution in [0.3, 0.4) is 0 Å². The fourth-order valence-corrected chi connectivity index (χ4v) is 2.36. The van der Waals surface area contributed by atoms with Crippen molar-refractivity contribution < 1.29 is 9.90 Å². The van der Waals surface area contributed by atoms with E-state index in [9.17, 15) is 4.79 Å². The highest BCUT2D eigenvalue weighted by molar-refractivity contribution is 5.95. The number of benzene rings is 1. The monoisotopic (exact) mass is 271 g/mol. The Balaban J connectivity index is 2.14. The summed E-state index contributed by atoms with van der Waals surface area (Å²) in [5, 5.41) is 11.7. The number of aliphatic hydroxyl groups is 1. The van der Waals surface area contributed by atoms with Gasteiger partial charge in [-0.3, -0.25) is 4.79 Å². The molecule has 1 aliphatic carbocycles. The lowest BCUT2D eigenvalue weighted by Gasteiger charge is -2.11. The summed E-state index contributed by atoms with van der Waals surface area (Å²) < 4.78 is 0. The maximum Gasteiger partial charge on any atom is 0.228 e. The van der Waals surface area contributed by atoms with Crippen LogP contribution in [0.2, 0.25) is 0 Å². The summed E-state index contributed by atoms with van der Waals surface area (Å²) in [5.41, 5.74) is 2.94. The van der Waals surface area contributed by atoms with Gasteiger partial charge in [-0.1, -0.05) is 32.6 Å². The van der Waals surface area contributed by atoms with Crippen LogP contribution in [0, 0.1) is 23.2 Å². The van der Waals surface area contributed by atoms with Crippen molar-refractivity contribution in [2.75, 3.05) is 11.9 Å².